The van der Waals surface area contributed by atoms with E-state index in [1.807, 2.05) is 116 Å². The summed E-state index contributed by atoms with van der Waals surface area (Å²) in [4.78, 5) is 30.9. The van der Waals surface area contributed by atoms with E-state index in [4.69, 9.17) is 73.2 Å². The minimum absolute atomic E-state index is 0.0200. The standard InChI is InChI=1S/C8H17N.4C8H11N.C8H17N.C8H11N.C6H13NO2.C5H11NO2.C5H7NO.C4H9NO2.C3H7N/c2*1-7(9)8-5-3-2-4-6-8;1-2-7-3-5-8(9)6-4-7;1-2-7-4-3-5-8(9)6-7;1-2-7-5-3-4-6-8(7)9;2*9-7-6-8-4-2-1-3-5-8;1-2-9-6(8)4-3-5-7;1-2-8-5(7)3-4-6;6-4-5-2-1-3-7-5;1-2-7-4(6)3-5;1-2-3-4/h7-8H,2-6,9H2,1H3;2-7H,9H2,1H3;3*3-6H,2,9H2,1H3;8H,1-7,9H2;1-5H,6-7,9H2;2-5,7H2,1H3;2-4,6H2,1H3;1-3H,4,6H2;2-3,5H2,1H3;2H,1,3-4H2. The molecule has 0 radical (unpaired) electrons. The van der Waals surface area contributed by atoms with E-state index in [1.165, 1.54) is 98.4 Å². The van der Waals surface area contributed by atoms with E-state index in [9.17, 15) is 14.4 Å². The van der Waals surface area contributed by atoms with Crippen LogP contribution in [0.5, 0.6) is 0 Å². The fourth-order valence-electron chi connectivity index (χ4n) is 8.84. The van der Waals surface area contributed by atoms with Crippen LogP contribution in [0.2, 0.25) is 0 Å². The number of anilines is 3. The van der Waals surface area contributed by atoms with Gasteiger partial charge in [0.2, 0.25) is 0 Å². The van der Waals surface area contributed by atoms with Gasteiger partial charge in [-0.25, -0.2) is 0 Å². The Kier molecular flexibility index (Phi) is 71.5. The third kappa shape index (κ3) is 63.3. The number of nitrogen functional groups attached to an aromatic ring is 3. The predicted octanol–water partition coefficient (Wildman–Crippen LogP) is 12.8. The molecule has 0 spiro atoms. The zero-order valence-electron chi connectivity index (χ0n) is 61.6. The quantitative estimate of drug-likeness (QED) is 0.0146. The summed E-state index contributed by atoms with van der Waals surface area (Å²) in [5.74, 6) is 1.93. The number of esters is 3. The fourth-order valence-corrected chi connectivity index (χ4v) is 8.84. The van der Waals surface area contributed by atoms with Gasteiger partial charge in [-0.15, -0.1) is 6.58 Å². The van der Waals surface area contributed by atoms with Crippen molar-refractivity contribution in [1.82, 2.24) is 0 Å². The average Bonchev–Trinajstić information content (AvgIpc) is 1.62. The van der Waals surface area contributed by atoms with Crippen molar-refractivity contribution in [2.24, 2.45) is 63.4 Å². The Hall–Kier alpha value is -7.43. The van der Waals surface area contributed by atoms with Crippen LogP contribution >= 0.6 is 0 Å². The molecule has 24 N–H and O–H groups in total. The molecule has 6 aromatic rings. The minimum Gasteiger partial charge on any atom is -0.468 e. The highest BCUT2D eigenvalue weighted by molar-refractivity contribution is 5.71. The smallest absolute Gasteiger partial charge is 0.319 e. The summed E-state index contributed by atoms with van der Waals surface area (Å²) in [7, 11) is 0. The van der Waals surface area contributed by atoms with Crippen LogP contribution in [0.1, 0.15) is 185 Å². The van der Waals surface area contributed by atoms with Crippen molar-refractivity contribution in [3.8, 4) is 0 Å². The summed E-state index contributed by atoms with van der Waals surface area (Å²) < 4.78 is 18.5. The van der Waals surface area contributed by atoms with Crippen molar-refractivity contribution in [3.05, 3.63) is 198 Å². The maximum Gasteiger partial charge on any atom is 0.319 e. The monoisotopic (exact) mass is 1370 g/mol. The molecule has 5 aromatic carbocycles. The maximum atomic E-state index is 10.5. The average molecular weight is 1370 g/mol. The molecule has 19 heteroatoms. The Morgan fingerprint density at radius 3 is 1.39 bits per heavy atom. The van der Waals surface area contributed by atoms with E-state index in [0.29, 0.717) is 64.9 Å². The zero-order valence-corrected chi connectivity index (χ0v) is 61.6. The number of nitrogens with two attached hydrogens (primary N) is 12. The first kappa shape index (κ1) is 97.0. The predicted molar refractivity (Wildman–Crippen MR) is 416 cm³/mol. The minimum atomic E-state index is -0.345. The fraction of sp³-hybridized carbons (Fsp3) is 0.506. The molecule has 1 heterocycles. The molecule has 0 saturated heterocycles. The highest BCUT2D eigenvalue weighted by atomic mass is 16.5. The first-order chi connectivity index (χ1) is 47.2. The molecule has 0 amide bonds. The molecule has 2 unspecified atom stereocenters. The van der Waals surface area contributed by atoms with E-state index in [2.05, 4.69) is 84.9 Å². The molecule has 2 atom stereocenters. The first-order valence-electron chi connectivity index (χ1n) is 35.4. The number of hydrogen-bond donors (Lipinski definition) is 12. The number of ether oxygens (including phenoxy) is 3. The van der Waals surface area contributed by atoms with Crippen LogP contribution in [0.15, 0.2) is 169 Å². The van der Waals surface area contributed by atoms with Gasteiger partial charge in [-0.05, 0) is 188 Å². The van der Waals surface area contributed by atoms with Crippen LogP contribution in [0.25, 0.3) is 0 Å². The van der Waals surface area contributed by atoms with Crippen LogP contribution < -0.4 is 68.8 Å². The summed E-state index contributed by atoms with van der Waals surface area (Å²) in [5, 5.41) is 0. The van der Waals surface area contributed by atoms with Crippen LogP contribution in [-0.2, 0) is 60.8 Å². The van der Waals surface area contributed by atoms with Crippen molar-refractivity contribution < 1.29 is 33.0 Å². The Bertz CT molecular complexity index is 2650. The molecule has 2 aliphatic carbocycles. The van der Waals surface area contributed by atoms with Crippen molar-refractivity contribution in [3.63, 3.8) is 0 Å². The largest absolute Gasteiger partial charge is 0.468 e. The molecule has 2 fully saturated rings. The second kappa shape index (κ2) is 72.3. The van der Waals surface area contributed by atoms with Crippen molar-refractivity contribution in [2.45, 2.75) is 190 Å². The summed E-state index contributed by atoms with van der Waals surface area (Å²) in [6.07, 6.45) is 24.4. The van der Waals surface area contributed by atoms with Gasteiger partial charge < -0.3 is 87.4 Å². The third-order valence-corrected chi connectivity index (χ3v) is 14.4. The van der Waals surface area contributed by atoms with E-state index in [1.54, 1.807) is 33.1 Å². The van der Waals surface area contributed by atoms with E-state index in [-0.39, 0.29) is 30.5 Å². The number of carbonyl (C=O) groups is 3. The Balaban J connectivity index is -0.000000494. The molecule has 2 aliphatic rings. The number of benzene rings is 5. The van der Waals surface area contributed by atoms with Crippen molar-refractivity contribution in [1.29, 1.82) is 0 Å². The molecular weight excluding hydrogens is 1230 g/mol. The van der Waals surface area contributed by atoms with E-state index < -0.39 is 0 Å². The van der Waals surface area contributed by atoms with Gasteiger partial charge in [-0.2, -0.15) is 0 Å². The molecular formula is C79H136N12O7. The van der Waals surface area contributed by atoms with Crippen LogP contribution in [-0.4, -0.2) is 83.0 Å². The number of furan rings is 1. The lowest BCUT2D eigenvalue weighted by molar-refractivity contribution is -0.143. The second-order valence-corrected chi connectivity index (χ2v) is 22.7. The SMILES string of the molecule is C=CCN.CC(N)C1CCCCC1.CC(N)c1ccccc1.CCOC(=O)CCCN.CCOC(=O)CCN.CCOC(=O)CN.CCc1ccc(N)cc1.CCc1cccc(N)c1.CCc1ccccc1N.NCCC1CCCCC1.NCCc1ccccc1.NCc1ccco1. The molecule has 1 aromatic heterocycles. The van der Waals surface area contributed by atoms with Gasteiger partial charge in [0.1, 0.15) is 5.76 Å². The van der Waals surface area contributed by atoms with Gasteiger partial charge in [0.15, 0.2) is 0 Å². The van der Waals surface area contributed by atoms with Gasteiger partial charge in [-0.3, -0.25) is 14.4 Å². The van der Waals surface area contributed by atoms with Crippen LogP contribution in [0.3, 0.4) is 0 Å². The number of carbonyl (C=O) groups excluding carboxylic acids is 3. The molecule has 19 nitrogen and oxygen atoms in total. The van der Waals surface area contributed by atoms with E-state index >= 15 is 0 Å². The topological polar surface area (TPSA) is 404 Å². The maximum absolute atomic E-state index is 10.5. The number of hydrogen-bond acceptors (Lipinski definition) is 19. The lowest BCUT2D eigenvalue weighted by Crippen LogP contribution is -2.27. The Morgan fingerprint density at radius 1 is 0.520 bits per heavy atom. The van der Waals surface area contributed by atoms with E-state index in [0.717, 1.165) is 79.9 Å². The normalized spacial score (nSPS) is 12.2. The molecule has 554 valence electrons. The van der Waals surface area contributed by atoms with Crippen LogP contribution in [0.4, 0.5) is 17.1 Å². The van der Waals surface area contributed by atoms with Crippen LogP contribution in [0, 0.1) is 11.8 Å². The second-order valence-electron chi connectivity index (χ2n) is 22.7. The highest BCUT2D eigenvalue weighted by Crippen LogP contribution is 2.26. The van der Waals surface area contributed by atoms with Gasteiger partial charge in [0.05, 0.1) is 45.6 Å². The van der Waals surface area contributed by atoms with Gasteiger partial charge in [-0.1, -0.05) is 181 Å². The molecule has 2 saturated carbocycles. The summed E-state index contributed by atoms with van der Waals surface area (Å²) in [6.45, 7) is 24.1. The van der Waals surface area contributed by atoms with Crippen molar-refractivity contribution >= 4 is 35.0 Å². The molecule has 0 aliphatic heterocycles. The summed E-state index contributed by atoms with van der Waals surface area (Å²) >= 11 is 0. The lowest BCUT2D eigenvalue weighted by Gasteiger charge is -2.24. The van der Waals surface area contributed by atoms with Gasteiger partial charge >= 0.3 is 17.9 Å². The zero-order chi connectivity index (χ0) is 74.2. The lowest BCUT2D eigenvalue weighted by atomic mass is 9.85. The Labute approximate surface area is 592 Å². The highest BCUT2D eigenvalue weighted by Gasteiger charge is 2.16. The molecule has 0 bridgehead atoms. The van der Waals surface area contributed by atoms with Gasteiger partial charge in [0, 0.05) is 48.7 Å². The molecule has 98 heavy (non-hydrogen) atoms. The Morgan fingerprint density at radius 2 is 1.03 bits per heavy atom. The number of rotatable bonds is 20. The number of aryl methyl sites for hydroxylation is 3. The number of para-hydroxylation sites is 1. The summed E-state index contributed by atoms with van der Waals surface area (Å²) in [5.41, 5.74) is 73.0. The van der Waals surface area contributed by atoms with Crippen molar-refractivity contribution in [2.75, 3.05) is 76.3 Å². The molecule has 8 rings (SSSR count). The van der Waals surface area contributed by atoms with Gasteiger partial charge in [0.25, 0.3) is 0 Å². The third-order valence-electron chi connectivity index (χ3n) is 14.4. The first-order valence-corrected chi connectivity index (χ1v) is 35.4. The summed E-state index contributed by atoms with van der Waals surface area (Å²) in [6, 6.07) is 48.4.